The minimum absolute atomic E-state index is 0.108. The lowest BCUT2D eigenvalue weighted by Gasteiger charge is -2.35. The average Bonchev–Trinajstić information content (AvgIpc) is 3.02. The first-order valence-electron chi connectivity index (χ1n) is 8.51. The van der Waals surface area contributed by atoms with Gasteiger partial charge in [0.15, 0.2) is 0 Å². The summed E-state index contributed by atoms with van der Waals surface area (Å²) in [6, 6.07) is 2.27. The standard InChI is InChI=1S/C16H25N7O/c1-4-12(2)19-14(24)10-21-5-7-22(8-6-21)15-9-13(3)20-16-17-11-18-23(15)16/h9,11-12H,4-8,10H2,1-3H3,(H,19,24). The maximum Gasteiger partial charge on any atom is 0.254 e. The van der Waals surface area contributed by atoms with Crippen molar-refractivity contribution in [2.75, 3.05) is 37.6 Å². The topological polar surface area (TPSA) is 78.7 Å². The molecule has 0 aromatic carbocycles. The molecule has 24 heavy (non-hydrogen) atoms. The molecule has 130 valence electrons. The van der Waals surface area contributed by atoms with E-state index in [1.54, 1.807) is 4.52 Å². The maximum atomic E-state index is 12.0. The Balaban J connectivity index is 1.60. The summed E-state index contributed by atoms with van der Waals surface area (Å²) in [6.07, 6.45) is 2.48. The van der Waals surface area contributed by atoms with Gasteiger partial charge < -0.3 is 10.2 Å². The van der Waals surface area contributed by atoms with Gasteiger partial charge in [0, 0.05) is 44.0 Å². The van der Waals surface area contributed by atoms with Gasteiger partial charge in [0.25, 0.3) is 5.78 Å². The van der Waals surface area contributed by atoms with Crippen molar-refractivity contribution >= 4 is 17.5 Å². The van der Waals surface area contributed by atoms with E-state index in [1.165, 1.54) is 6.33 Å². The Morgan fingerprint density at radius 3 is 2.79 bits per heavy atom. The molecule has 1 unspecified atom stereocenters. The van der Waals surface area contributed by atoms with E-state index in [9.17, 15) is 4.79 Å². The molecule has 2 aromatic rings. The number of nitrogens with one attached hydrogen (secondary N) is 1. The van der Waals surface area contributed by atoms with Crippen LogP contribution in [-0.2, 0) is 4.79 Å². The Kier molecular flexibility index (Phi) is 4.94. The van der Waals surface area contributed by atoms with E-state index in [2.05, 4.69) is 37.1 Å². The number of fused-ring (bicyclic) bond motifs is 1. The normalized spacial score (nSPS) is 17.2. The molecule has 0 aliphatic carbocycles. The summed E-state index contributed by atoms with van der Waals surface area (Å²) in [4.78, 5) is 25.0. The van der Waals surface area contributed by atoms with Gasteiger partial charge in [-0.15, -0.1) is 0 Å². The molecule has 0 spiro atoms. The summed E-state index contributed by atoms with van der Waals surface area (Å²) in [7, 11) is 0. The van der Waals surface area contributed by atoms with E-state index in [1.807, 2.05) is 19.9 Å². The zero-order chi connectivity index (χ0) is 17.1. The van der Waals surface area contributed by atoms with Crippen LogP contribution in [0, 0.1) is 6.92 Å². The monoisotopic (exact) mass is 331 g/mol. The van der Waals surface area contributed by atoms with Crippen LogP contribution >= 0.6 is 0 Å². The second-order valence-corrected chi connectivity index (χ2v) is 6.37. The number of hydrogen-bond donors (Lipinski definition) is 1. The van der Waals surface area contributed by atoms with Gasteiger partial charge in [-0.25, -0.2) is 4.98 Å². The molecule has 3 rings (SSSR count). The van der Waals surface area contributed by atoms with Gasteiger partial charge in [0.2, 0.25) is 5.91 Å². The molecule has 0 bridgehead atoms. The highest BCUT2D eigenvalue weighted by Crippen LogP contribution is 2.17. The van der Waals surface area contributed by atoms with Crippen LogP contribution in [0.3, 0.4) is 0 Å². The number of rotatable bonds is 5. The van der Waals surface area contributed by atoms with E-state index in [0.717, 1.165) is 44.1 Å². The predicted octanol–water partition coefficient (Wildman–Crippen LogP) is 0.469. The molecule has 1 aliphatic rings. The average molecular weight is 331 g/mol. The van der Waals surface area contributed by atoms with E-state index in [-0.39, 0.29) is 11.9 Å². The highest BCUT2D eigenvalue weighted by Gasteiger charge is 2.22. The van der Waals surface area contributed by atoms with Crippen LogP contribution in [0.25, 0.3) is 5.78 Å². The van der Waals surface area contributed by atoms with Crippen LogP contribution in [-0.4, -0.2) is 69.2 Å². The van der Waals surface area contributed by atoms with Crippen molar-refractivity contribution in [3.8, 4) is 0 Å². The number of aryl methyl sites for hydroxylation is 1. The predicted molar refractivity (Wildman–Crippen MR) is 92.1 cm³/mol. The second kappa shape index (κ2) is 7.12. The third kappa shape index (κ3) is 3.64. The number of anilines is 1. The molecule has 1 amide bonds. The third-order valence-electron chi connectivity index (χ3n) is 4.44. The Morgan fingerprint density at radius 1 is 1.33 bits per heavy atom. The number of piperazine rings is 1. The molecule has 2 aromatic heterocycles. The molecule has 0 radical (unpaired) electrons. The molecule has 0 saturated carbocycles. The minimum Gasteiger partial charge on any atom is -0.354 e. The molecular weight excluding hydrogens is 306 g/mol. The van der Waals surface area contributed by atoms with Gasteiger partial charge in [-0.3, -0.25) is 9.69 Å². The van der Waals surface area contributed by atoms with E-state index >= 15 is 0 Å². The van der Waals surface area contributed by atoms with Gasteiger partial charge >= 0.3 is 0 Å². The van der Waals surface area contributed by atoms with E-state index in [4.69, 9.17) is 0 Å². The van der Waals surface area contributed by atoms with Gasteiger partial charge in [0.1, 0.15) is 12.1 Å². The molecule has 1 fully saturated rings. The summed E-state index contributed by atoms with van der Waals surface area (Å²) in [6.45, 7) is 9.96. The SMILES string of the molecule is CCC(C)NC(=O)CN1CCN(c2cc(C)nc3ncnn23)CC1. The third-order valence-corrected chi connectivity index (χ3v) is 4.44. The first kappa shape index (κ1) is 16.6. The molecule has 8 heteroatoms. The van der Waals surface area contributed by atoms with Crippen molar-refractivity contribution in [2.45, 2.75) is 33.2 Å². The molecule has 3 heterocycles. The molecule has 1 atom stereocenters. The lowest BCUT2D eigenvalue weighted by Crippen LogP contribution is -2.50. The number of hydrogen-bond acceptors (Lipinski definition) is 6. The number of nitrogens with zero attached hydrogens (tertiary/aromatic N) is 6. The lowest BCUT2D eigenvalue weighted by atomic mass is 10.2. The zero-order valence-corrected chi connectivity index (χ0v) is 14.6. The van der Waals surface area contributed by atoms with Crippen LogP contribution in [0.2, 0.25) is 0 Å². The largest absolute Gasteiger partial charge is 0.354 e. The fourth-order valence-corrected chi connectivity index (χ4v) is 2.90. The highest BCUT2D eigenvalue weighted by atomic mass is 16.2. The fraction of sp³-hybridized carbons (Fsp3) is 0.625. The van der Waals surface area contributed by atoms with Crippen molar-refractivity contribution in [3.63, 3.8) is 0 Å². The summed E-state index contributed by atoms with van der Waals surface area (Å²) in [5.74, 6) is 1.75. The summed E-state index contributed by atoms with van der Waals surface area (Å²) < 4.78 is 1.78. The van der Waals surface area contributed by atoms with Gasteiger partial charge in [-0.1, -0.05) is 6.92 Å². The smallest absolute Gasteiger partial charge is 0.254 e. The zero-order valence-electron chi connectivity index (χ0n) is 14.6. The van der Waals surface area contributed by atoms with Crippen molar-refractivity contribution in [1.82, 2.24) is 29.8 Å². The van der Waals surface area contributed by atoms with Crippen LogP contribution < -0.4 is 10.2 Å². The van der Waals surface area contributed by atoms with E-state index in [0.29, 0.717) is 12.3 Å². The van der Waals surface area contributed by atoms with Crippen molar-refractivity contribution < 1.29 is 4.79 Å². The van der Waals surface area contributed by atoms with Crippen LogP contribution in [0.5, 0.6) is 0 Å². The number of amides is 1. The number of carbonyl (C=O) groups excluding carboxylic acids is 1. The fourth-order valence-electron chi connectivity index (χ4n) is 2.90. The number of aromatic nitrogens is 4. The summed E-state index contributed by atoms with van der Waals surface area (Å²) >= 11 is 0. The molecule has 8 nitrogen and oxygen atoms in total. The molecule has 1 saturated heterocycles. The van der Waals surface area contributed by atoms with E-state index < -0.39 is 0 Å². The first-order chi connectivity index (χ1) is 11.6. The Morgan fingerprint density at radius 2 is 2.08 bits per heavy atom. The molecule has 1 N–H and O–H groups in total. The highest BCUT2D eigenvalue weighted by molar-refractivity contribution is 5.78. The van der Waals surface area contributed by atoms with Crippen LogP contribution in [0.4, 0.5) is 5.82 Å². The molecular formula is C16H25N7O. The van der Waals surface area contributed by atoms with Crippen molar-refractivity contribution in [2.24, 2.45) is 0 Å². The maximum absolute atomic E-state index is 12.0. The van der Waals surface area contributed by atoms with Gasteiger partial charge in [0.05, 0.1) is 6.54 Å². The van der Waals surface area contributed by atoms with Crippen LogP contribution in [0.1, 0.15) is 26.0 Å². The summed E-state index contributed by atoms with van der Waals surface area (Å²) in [5, 5.41) is 7.29. The molecule has 1 aliphatic heterocycles. The quantitative estimate of drug-likeness (QED) is 0.858. The summed E-state index contributed by atoms with van der Waals surface area (Å²) in [5.41, 5.74) is 0.931. The van der Waals surface area contributed by atoms with Crippen molar-refractivity contribution in [1.29, 1.82) is 0 Å². The first-order valence-corrected chi connectivity index (χ1v) is 8.51. The second-order valence-electron chi connectivity index (χ2n) is 6.37. The van der Waals surface area contributed by atoms with Gasteiger partial charge in [-0.05, 0) is 20.3 Å². The minimum atomic E-state index is 0.108. The Hall–Kier alpha value is -2.22. The number of carbonyl (C=O) groups is 1. The van der Waals surface area contributed by atoms with Crippen molar-refractivity contribution in [3.05, 3.63) is 18.1 Å². The Labute approximate surface area is 141 Å². The Bertz CT molecular complexity index is 706. The lowest BCUT2D eigenvalue weighted by molar-refractivity contribution is -0.122. The van der Waals surface area contributed by atoms with Gasteiger partial charge in [-0.2, -0.15) is 14.6 Å². The van der Waals surface area contributed by atoms with Crippen LogP contribution in [0.15, 0.2) is 12.4 Å².